The van der Waals surface area contributed by atoms with Crippen molar-refractivity contribution in [3.8, 4) is 0 Å². The van der Waals surface area contributed by atoms with Gasteiger partial charge < -0.3 is 15.5 Å². The average molecular weight is 586 g/mol. The zero-order chi connectivity index (χ0) is 29.9. The molecule has 4 N–H and O–H groups in total. The van der Waals surface area contributed by atoms with Gasteiger partial charge in [0, 0.05) is 0 Å². The first-order valence-electron chi connectivity index (χ1n) is 15.8. The van der Waals surface area contributed by atoms with Crippen LogP contribution in [0.3, 0.4) is 0 Å². The van der Waals surface area contributed by atoms with E-state index in [-0.39, 0.29) is 6.42 Å². The van der Waals surface area contributed by atoms with E-state index in [0.29, 0.717) is 12.8 Å². The van der Waals surface area contributed by atoms with Crippen molar-refractivity contribution < 1.29 is 28.0 Å². The van der Waals surface area contributed by atoms with Gasteiger partial charge in [0.15, 0.2) is 0 Å². The number of allylic oxidation sites excluding steroid dienone is 5. The van der Waals surface area contributed by atoms with Crippen molar-refractivity contribution in [2.75, 3.05) is 5.75 Å². The SMILES string of the molecule is CCC/C=C/CC/C=C/CC/C=C/C(O)C(CS(=O)(=O)O)NC(=O)C(O)CCCCCCCCCCCCCC. The largest absolute Gasteiger partial charge is 0.387 e. The molecule has 0 radical (unpaired) electrons. The highest BCUT2D eigenvalue weighted by atomic mass is 32.2. The lowest BCUT2D eigenvalue weighted by atomic mass is 10.0. The van der Waals surface area contributed by atoms with Gasteiger partial charge in [0.05, 0.1) is 17.9 Å². The molecule has 3 atom stereocenters. The maximum Gasteiger partial charge on any atom is 0.267 e. The molecule has 3 unspecified atom stereocenters. The van der Waals surface area contributed by atoms with E-state index in [0.717, 1.165) is 51.4 Å². The van der Waals surface area contributed by atoms with Gasteiger partial charge >= 0.3 is 0 Å². The Morgan fingerprint density at radius 1 is 0.675 bits per heavy atom. The predicted octanol–water partition coefficient (Wildman–Crippen LogP) is 7.20. The monoisotopic (exact) mass is 585 g/mol. The van der Waals surface area contributed by atoms with E-state index >= 15 is 0 Å². The summed E-state index contributed by atoms with van der Waals surface area (Å²) in [6.07, 6.45) is 29.2. The van der Waals surface area contributed by atoms with Crippen molar-refractivity contribution in [1.29, 1.82) is 0 Å². The lowest BCUT2D eigenvalue weighted by Gasteiger charge is -2.22. The number of hydrogen-bond acceptors (Lipinski definition) is 5. The highest BCUT2D eigenvalue weighted by Crippen LogP contribution is 2.13. The smallest absolute Gasteiger partial charge is 0.267 e. The summed E-state index contributed by atoms with van der Waals surface area (Å²) in [6.45, 7) is 4.38. The van der Waals surface area contributed by atoms with Crippen LogP contribution in [0.2, 0.25) is 0 Å². The zero-order valence-electron chi connectivity index (χ0n) is 25.3. The van der Waals surface area contributed by atoms with E-state index in [1.54, 1.807) is 6.08 Å². The summed E-state index contributed by atoms with van der Waals surface area (Å²) < 4.78 is 32.2. The summed E-state index contributed by atoms with van der Waals surface area (Å²) in [5.41, 5.74) is 0. The Bertz CT molecular complexity index is 793. The second kappa shape index (κ2) is 26.4. The van der Waals surface area contributed by atoms with Crippen molar-refractivity contribution in [3.63, 3.8) is 0 Å². The Morgan fingerprint density at radius 2 is 1.12 bits per heavy atom. The number of unbranched alkanes of at least 4 members (excludes halogenated alkanes) is 14. The third-order valence-corrected chi connectivity index (χ3v) is 7.67. The Labute approximate surface area is 245 Å². The topological polar surface area (TPSA) is 124 Å². The lowest BCUT2D eigenvalue weighted by molar-refractivity contribution is -0.130. The number of carbonyl (C=O) groups excluding carboxylic acids is 1. The molecule has 0 aromatic rings. The molecular formula is C32H59NO6S. The molecule has 0 rings (SSSR count). The Hall–Kier alpha value is -1.48. The Kier molecular flexibility index (Phi) is 25.4. The van der Waals surface area contributed by atoms with Crippen molar-refractivity contribution in [2.24, 2.45) is 0 Å². The Balaban J connectivity index is 4.29. The number of nitrogens with one attached hydrogen (secondary N) is 1. The predicted molar refractivity (Wildman–Crippen MR) is 167 cm³/mol. The van der Waals surface area contributed by atoms with Crippen molar-refractivity contribution in [3.05, 3.63) is 36.5 Å². The molecule has 0 saturated heterocycles. The third kappa shape index (κ3) is 25.5. The number of carbonyl (C=O) groups is 1. The summed E-state index contributed by atoms with van der Waals surface area (Å²) in [5, 5.41) is 23.1. The fourth-order valence-corrected chi connectivity index (χ4v) is 5.17. The van der Waals surface area contributed by atoms with E-state index in [4.69, 9.17) is 0 Å². The maximum atomic E-state index is 12.4. The van der Waals surface area contributed by atoms with Crippen LogP contribution >= 0.6 is 0 Å². The lowest BCUT2D eigenvalue weighted by Crippen LogP contribution is -2.50. The van der Waals surface area contributed by atoms with Crippen LogP contribution in [0.4, 0.5) is 0 Å². The molecule has 0 aromatic heterocycles. The van der Waals surface area contributed by atoms with Crippen LogP contribution in [-0.2, 0) is 14.9 Å². The molecule has 0 aliphatic rings. The zero-order valence-corrected chi connectivity index (χ0v) is 26.1. The fraction of sp³-hybridized carbons (Fsp3) is 0.781. The third-order valence-electron chi connectivity index (χ3n) is 6.89. The highest BCUT2D eigenvalue weighted by molar-refractivity contribution is 7.85. The molecule has 234 valence electrons. The molecule has 40 heavy (non-hydrogen) atoms. The normalized spacial score (nSPS) is 14.8. The van der Waals surface area contributed by atoms with Gasteiger partial charge in [-0.05, 0) is 38.5 Å². The summed E-state index contributed by atoms with van der Waals surface area (Å²) >= 11 is 0. The molecular weight excluding hydrogens is 526 g/mol. The van der Waals surface area contributed by atoms with Crippen LogP contribution in [-0.4, -0.2) is 53.1 Å². The van der Waals surface area contributed by atoms with Gasteiger partial charge in [-0.15, -0.1) is 0 Å². The van der Waals surface area contributed by atoms with Gasteiger partial charge in [0.25, 0.3) is 10.1 Å². The number of rotatable bonds is 27. The first-order valence-corrected chi connectivity index (χ1v) is 17.4. The molecule has 0 fully saturated rings. The summed E-state index contributed by atoms with van der Waals surface area (Å²) in [4.78, 5) is 12.4. The molecule has 0 aromatic carbocycles. The molecule has 0 spiro atoms. The molecule has 0 bridgehead atoms. The number of aliphatic hydroxyl groups is 2. The second-order valence-electron chi connectivity index (χ2n) is 10.9. The molecule has 8 heteroatoms. The minimum atomic E-state index is -4.44. The highest BCUT2D eigenvalue weighted by Gasteiger charge is 2.27. The van der Waals surface area contributed by atoms with Crippen molar-refractivity contribution >= 4 is 16.0 Å². The van der Waals surface area contributed by atoms with E-state index in [9.17, 15) is 28.0 Å². The van der Waals surface area contributed by atoms with Crippen LogP contribution < -0.4 is 5.32 Å². The van der Waals surface area contributed by atoms with Crippen LogP contribution in [0.15, 0.2) is 36.5 Å². The van der Waals surface area contributed by atoms with Gasteiger partial charge in [-0.2, -0.15) is 8.42 Å². The second-order valence-corrected chi connectivity index (χ2v) is 12.4. The van der Waals surface area contributed by atoms with E-state index in [1.165, 1.54) is 57.4 Å². The summed E-state index contributed by atoms with van der Waals surface area (Å²) in [5.74, 6) is -1.57. The number of aliphatic hydroxyl groups excluding tert-OH is 2. The minimum Gasteiger partial charge on any atom is -0.387 e. The van der Waals surface area contributed by atoms with Crippen LogP contribution in [0.25, 0.3) is 0 Å². The van der Waals surface area contributed by atoms with Crippen molar-refractivity contribution in [1.82, 2.24) is 5.32 Å². The minimum absolute atomic E-state index is 0.272. The van der Waals surface area contributed by atoms with E-state index < -0.39 is 40.0 Å². The van der Waals surface area contributed by atoms with E-state index in [2.05, 4.69) is 43.5 Å². The molecule has 0 aliphatic carbocycles. The van der Waals surface area contributed by atoms with Crippen LogP contribution in [0.5, 0.6) is 0 Å². The summed E-state index contributed by atoms with van der Waals surface area (Å²) in [6, 6.07) is -1.25. The first-order chi connectivity index (χ1) is 19.2. The average Bonchev–Trinajstić information content (AvgIpc) is 2.90. The van der Waals surface area contributed by atoms with E-state index in [1.807, 2.05) is 0 Å². The first kappa shape index (κ1) is 38.5. The molecule has 7 nitrogen and oxygen atoms in total. The molecule has 0 heterocycles. The van der Waals surface area contributed by atoms with Gasteiger partial charge in [-0.25, -0.2) is 0 Å². The van der Waals surface area contributed by atoms with Crippen LogP contribution in [0, 0.1) is 0 Å². The quantitative estimate of drug-likeness (QED) is 0.0459. The molecule has 0 aliphatic heterocycles. The van der Waals surface area contributed by atoms with Crippen molar-refractivity contribution in [2.45, 2.75) is 154 Å². The number of amides is 1. The van der Waals surface area contributed by atoms with Gasteiger partial charge in [-0.1, -0.05) is 134 Å². The summed E-state index contributed by atoms with van der Waals surface area (Å²) in [7, 11) is -4.44. The Morgan fingerprint density at radius 3 is 1.60 bits per heavy atom. The fourth-order valence-electron chi connectivity index (χ4n) is 4.43. The number of hydrogen-bond donors (Lipinski definition) is 4. The molecule has 1 amide bonds. The standard InChI is InChI=1S/C32H59NO6S/c1-3-5-7-9-11-13-15-17-19-21-23-25-27-31(35)32(36)33-29(28-40(37,38)39)30(34)26-24-22-20-18-16-14-12-10-8-6-4-2/h8,10,16,18,24,26,29-31,34-35H,3-7,9,11-15,17,19-23,25,27-28H2,1-2H3,(H,33,36)(H,37,38,39)/b10-8+,18-16+,26-24+. The molecule has 0 saturated carbocycles. The van der Waals surface area contributed by atoms with Gasteiger partial charge in [-0.3, -0.25) is 9.35 Å². The maximum absolute atomic E-state index is 12.4. The van der Waals surface area contributed by atoms with Crippen LogP contribution in [0.1, 0.15) is 136 Å². The van der Waals surface area contributed by atoms with Gasteiger partial charge in [0.2, 0.25) is 5.91 Å². The van der Waals surface area contributed by atoms with Gasteiger partial charge in [0.1, 0.15) is 6.10 Å².